The third-order valence-corrected chi connectivity index (χ3v) is 3.37. The Hall–Kier alpha value is -3.13. The number of carbonyl (C=O) groups excluding carboxylic acids is 1. The second-order valence-corrected chi connectivity index (χ2v) is 5.94. The standard InChI is InChI=1S/C20H19NO4/c1-15(2)7-6-10-19(22)18-12-11-17(21(23)24)13-20(18)25-14-16-8-4-3-5-9-16/h3-5,8-9,11-13,15H,7,14H2,1-2H3. The van der Waals surface area contributed by atoms with Gasteiger partial charge in [0.1, 0.15) is 12.4 Å². The zero-order valence-corrected chi connectivity index (χ0v) is 14.2. The maximum Gasteiger partial charge on any atom is 0.273 e. The molecule has 0 bridgehead atoms. The number of benzene rings is 2. The maximum atomic E-state index is 12.3. The average Bonchev–Trinajstić information content (AvgIpc) is 2.60. The smallest absolute Gasteiger partial charge is 0.273 e. The Morgan fingerprint density at radius 3 is 2.56 bits per heavy atom. The number of nitrogens with zero attached hydrogens (tertiary/aromatic N) is 1. The van der Waals surface area contributed by atoms with Crippen LogP contribution in [-0.4, -0.2) is 10.7 Å². The third-order valence-electron chi connectivity index (χ3n) is 3.37. The van der Waals surface area contributed by atoms with Crippen molar-refractivity contribution >= 4 is 11.5 Å². The molecule has 0 aliphatic rings. The van der Waals surface area contributed by atoms with Gasteiger partial charge < -0.3 is 4.74 Å². The van der Waals surface area contributed by atoms with Gasteiger partial charge in [0.25, 0.3) is 5.69 Å². The number of rotatable bonds is 6. The van der Waals surface area contributed by atoms with Crippen molar-refractivity contribution in [3.8, 4) is 17.6 Å². The maximum absolute atomic E-state index is 12.3. The van der Waals surface area contributed by atoms with Crippen molar-refractivity contribution in [1.82, 2.24) is 0 Å². The van der Waals surface area contributed by atoms with E-state index in [4.69, 9.17) is 4.74 Å². The van der Waals surface area contributed by atoms with Gasteiger partial charge in [0.15, 0.2) is 0 Å². The van der Waals surface area contributed by atoms with Crippen molar-refractivity contribution in [2.75, 3.05) is 0 Å². The van der Waals surface area contributed by atoms with E-state index in [2.05, 4.69) is 11.8 Å². The predicted octanol–water partition coefficient (Wildman–Crippen LogP) is 4.41. The van der Waals surface area contributed by atoms with Crippen molar-refractivity contribution < 1.29 is 14.5 Å². The number of hydrogen-bond acceptors (Lipinski definition) is 4. The van der Waals surface area contributed by atoms with E-state index in [0.717, 1.165) is 5.56 Å². The monoisotopic (exact) mass is 337 g/mol. The van der Waals surface area contributed by atoms with E-state index in [1.54, 1.807) is 0 Å². The fourth-order valence-corrected chi connectivity index (χ4v) is 2.07. The number of ketones is 1. The molecule has 0 heterocycles. The molecule has 0 unspecified atom stereocenters. The van der Waals surface area contributed by atoms with Gasteiger partial charge in [-0.1, -0.05) is 50.1 Å². The van der Waals surface area contributed by atoms with E-state index in [-0.39, 0.29) is 23.6 Å². The molecule has 5 nitrogen and oxygen atoms in total. The number of nitro groups is 1. The molecule has 0 saturated heterocycles. The van der Waals surface area contributed by atoms with Gasteiger partial charge in [0, 0.05) is 12.5 Å². The van der Waals surface area contributed by atoms with Crippen molar-refractivity contribution in [2.45, 2.75) is 26.9 Å². The van der Waals surface area contributed by atoms with E-state index in [9.17, 15) is 14.9 Å². The molecule has 2 aromatic carbocycles. The Balaban J connectivity index is 2.26. The predicted molar refractivity (Wildman–Crippen MR) is 95.4 cm³/mol. The molecule has 0 aliphatic heterocycles. The van der Waals surface area contributed by atoms with E-state index in [0.29, 0.717) is 12.3 Å². The molecule has 128 valence electrons. The summed E-state index contributed by atoms with van der Waals surface area (Å²) in [5.74, 6) is 5.54. The lowest BCUT2D eigenvalue weighted by Crippen LogP contribution is -2.04. The lowest BCUT2D eigenvalue weighted by atomic mass is 10.1. The topological polar surface area (TPSA) is 69.4 Å². The van der Waals surface area contributed by atoms with E-state index >= 15 is 0 Å². The van der Waals surface area contributed by atoms with Crippen LogP contribution >= 0.6 is 0 Å². The quantitative estimate of drug-likeness (QED) is 0.257. The molecular weight excluding hydrogens is 318 g/mol. The van der Waals surface area contributed by atoms with Gasteiger partial charge in [0.05, 0.1) is 16.6 Å². The summed E-state index contributed by atoms with van der Waals surface area (Å²) >= 11 is 0. The number of Topliss-reactive ketones (excluding diaryl/α,β-unsaturated/α-hetero) is 1. The van der Waals surface area contributed by atoms with Crippen LogP contribution in [0.15, 0.2) is 48.5 Å². The Morgan fingerprint density at radius 1 is 1.20 bits per heavy atom. The van der Waals surface area contributed by atoms with Crippen molar-refractivity contribution in [2.24, 2.45) is 5.92 Å². The Labute approximate surface area is 146 Å². The van der Waals surface area contributed by atoms with Crippen LogP contribution in [-0.2, 0) is 6.61 Å². The first-order valence-electron chi connectivity index (χ1n) is 7.95. The van der Waals surface area contributed by atoms with Crippen LogP contribution in [0.2, 0.25) is 0 Å². The van der Waals surface area contributed by atoms with Crippen LogP contribution in [0.1, 0.15) is 36.2 Å². The molecule has 2 aromatic rings. The van der Waals surface area contributed by atoms with Crippen LogP contribution < -0.4 is 4.74 Å². The van der Waals surface area contributed by atoms with Gasteiger partial charge in [-0.05, 0) is 23.5 Å². The minimum Gasteiger partial charge on any atom is -0.488 e. The van der Waals surface area contributed by atoms with Gasteiger partial charge in [-0.3, -0.25) is 14.9 Å². The van der Waals surface area contributed by atoms with Crippen LogP contribution in [0.3, 0.4) is 0 Å². The molecule has 5 heteroatoms. The molecule has 0 amide bonds. The molecule has 0 atom stereocenters. The van der Waals surface area contributed by atoms with Crippen molar-refractivity contribution in [1.29, 1.82) is 0 Å². The third kappa shape index (κ3) is 5.47. The molecule has 2 rings (SSSR count). The molecule has 0 saturated carbocycles. The lowest BCUT2D eigenvalue weighted by molar-refractivity contribution is -0.384. The van der Waals surface area contributed by atoms with Crippen LogP contribution in [0.25, 0.3) is 0 Å². The minimum absolute atomic E-state index is 0.130. The fraction of sp³-hybridized carbons (Fsp3) is 0.250. The second kappa shape index (κ2) is 8.65. The van der Waals surface area contributed by atoms with Gasteiger partial charge in [-0.2, -0.15) is 0 Å². The Morgan fingerprint density at radius 2 is 1.92 bits per heavy atom. The zero-order valence-electron chi connectivity index (χ0n) is 14.2. The molecular formula is C20H19NO4. The second-order valence-electron chi connectivity index (χ2n) is 5.94. The highest BCUT2D eigenvalue weighted by atomic mass is 16.6. The highest BCUT2D eigenvalue weighted by molar-refractivity contribution is 6.10. The van der Waals surface area contributed by atoms with Crippen LogP contribution in [0, 0.1) is 27.9 Å². The van der Waals surface area contributed by atoms with E-state index in [1.807, 2.05) is 44.2 Å². The lowest BCUT2D eigenvalue weighted by Gasteiger charge is -2.09. The first-order chi connectivity index (χ1) is 12.0. The highest BCUT2D eigenvalue weighted by Crippen LogP contribution is 2.26. The average molecular weight is 337 g/mol. The van der Waals surface area contributed by atoms with Gasteiger partial charge in [-0.25, -0.2) is 0 Å². The van der Waals surface area contributed by atoms with Gasteiger partial charge >= 0.3 is 0 Å². The van der Waals surface area contributed by atoms with Crippen molar-refractivity contribution in [3.05, 3.63) is 69.8 Å². The number of ether oxygens (including phenoxy) is 1. The number of carbonyl (C=O) groups is 1. The van der Waals surface area contributed by atoms with E-state index < -0.39 is 10.7 Å². The molecule has 0 N–H and O–H groups in total. The summed E-state index contributed by atoms with van der Waals surface area (Å²) in [7, 11) is 0. The summed E-state index contributed by atoms with van der Waals surface area (Å²) in [5.41, 5.74) is 1.01. The molecule has 0 aromatic heterocycles. The summed E-state index contributed by atoms with van der Waals surface area (Å²) < 4.78 is 5.67. The van der Waals surface area contributed by atoms with Crippen molar-refractivity contribution in [3.63, 3.8) is 0 Å². The number of hydrogen-bond donors (Lipinski definition) is 0. The molecule has 0 aliphatic carbocycles. The summed E-state index contributed by atoms with van der Waals surface area (Å²) in [6.07, 6.45) is 0.610. The molecule has 0 spiro atoms. The Kier molecular flexibility index (Phi) is 6.30. The Bertz CT molecular complexity index is 817. The molecule has 0 fully saturated rings. The van der Waals surface area contributed by atoms with Gasteiger partial charge in [-0.15, -0.1) is 0 Å². The van der Waals surface area contributed by atoms with Crippen LogP contribution in [0.5, 0.6) is 5.75 Å². The summed E-state index contributed by atoms with van der Waals surface area (Å²) in [6.45, 7) is 4.24. The minimum atomic E-state index is -0.520. The largest absolute Gasteiger partial charge is 0.488 e. The summed E-state index contributed by atoms with van der Waals surface area (Å²) in [6, 6.07) is 13.3. The SMILES string of the molecule is CC(C)CC#CC(=O)c1ccc([N+](=O)[O-])cc1OCc1ccccc1. The first-order valence-corrected chi connectivity index (χ1v) is 7.95. The van der Waals surface area contributed by atoms with Crippen LogP contribution in [0.4, 0.5) is 5.69 Å². The van der Waals surface area contributed by atoms with E-state index in [1.165, 1.54) is 18.2 Å². The normalized spacial score (nSPS) is 10.0. The summed E-state index contributed by atoms with van der Waals surface area (Å²) in [5, 5.41) is 11.0. The number of nitro benzene ring substituents is 1. The number of non-ortho nitro benzene ring substituents is 1. The first kappa shape index (κ1) is 18.2. The molecule has 25 heavy (non-hydrogen) atoms. The van der Waals surface area contributed by atoms with Gasteiger partial charge in [0.2, 0.25) is 5.78 Å². The fourth-order valence-electron chi connectivity index (χ4n) is 2.07. The molecule has 0 radical (unpaired) electrons. The summed E-state index contributed by atoms with van der Waals surface area (Å²) in [4.78, 5) is 22.8. The zero-order chi connectivity index (χ0) is 18.2. The highest BCUT2D eigenvalue weighted by Gasteiger charge is 2.16.